The third-order valence-electron chi connectivity index (χ3n) is 2.03. The molecule has 15 heavy (non-hydrogen) atoms. The molecule has 3 nitrogen and oxygen atoms in total. The third kappa shape index (κ3) is 5.52. The van der Waals surface area contributed by atoms with E-state index in [1.165, 1.54) is 0 Å². The predicted molar refractivity (Wildman–Crippen MR) is 58.4 cm³/mol. The molecule has 0 fully saturated rings. The van der Waals surface area contributed by atoms with Crippen molar-refractivity contribution in [2.24, 2.45) is 0 Å². The van der Waals surface area contributed by atoms with Crippen LogP contribution in [-0.4, -0.2) is 29.0 Å². The number of aliphatic hydroxyl groups is 2. The van der Waals surface area contributed by atoms with Crippen LogP contribution in [-0.2, 0) is 11.3 Å². The highest BCUT2D eigenvalue weighted by atomic mass is 16.5. The second-order valence-corrected chi connectivity index (χ2v) is 3.74. The molecule has 0 spiro atoms. The lowest BCUT2D eigenvalue weighted by Gasteiger charge is -2.12. The minimum absolute atomic E-state index is 0.264. The van der Waals surface area contributed by atoms with E-state index in [-0.39, 0.29) is 6.61 Å². The number of rotatable bonds is 6. The van der Waals surface area contributed by atoms with Crippen molar-refractivity contribution >= 4 is 0 Å². The maximum Gasteiger partial charge on any atom is 0.0798 e. The SMILES string of the molecule is C[C@@H](O)C[C@H](O)COCc1ccccc1. The summed E-state index contributed by atoms with van der Waals surface area (Å²) in [6.45, 7) is 2.41. The molecule has 0 saturated heterocycles. The van der Waals surface area contributed by atoms with Gasteiger partial charge < -0.3 is 14.9 Å². The molecule has 0 aliphatic heterocycles. The third-order valence-corrected chi connectivity index (χ3v) is 2.03. The van der Waals surface area contributed by atoms with Crippen LogP contribution in [0.15, 0.2) is 30.3 Å². The number of hydrogen-bond donors (Lipinski definition) is 2. The maximum atomic E-state index is 9.41. The molecule has 1 aromatic rings. The zero-order valence-electron chi connectivity index (χ0n) is 8.97. The smallest absolute Gasteiger partial charge is 0.0798 e. The van der Waals surface area contributed by atoms with Gasteiger partial charge in [-0.2, -0.15) is 0 Å². The standard InChI is InChI=1S/C12H18O3/c1-10(13)7-12(14)9-15-8-11-5-3-2-4-6-11/h2-6,10,12-14H,7-9H2,1H3/t10-,12+/m1/s1. The van der Waals surface area contributed by atoms with E-state index in [4.69, 9.17) is 9.84 Å². The van der Waals surface area contributed by atoms with Crippen LogP contribution >= 0.6 is 0 Å². The Morgan fingerprint density at radius 2 is 1.87 bits per heavy atom. The molecule has 0 radical (unpaired) electrons. The molecule has 0 unspecified atom stereocenters. The molecule has 0 saturated carbocycles. The summed E-state index contributed by atoms with van der Waals surface area (Å²) in [4.78, 5) is 0. The summed E-state index contributed by atoms with van der Waals surface area (Å²) in [5.41, 5.74) is 1.08. The van der Waals surface area contributed by atoms with E-state index in [0.717, 1.165) is 5.56 Å². The Bertz CT molecular complexity index is 259. The molecule has 1 aromatic carbocycles. The first kappa shape index (κ1) is 12.2. The molecule has 2 atom stereocenters. The molecule has 0 aromatic heterocycles. The monoisotopic (exact) mass is 210 g/mol. The van der Waals surface area contributed by atoms with Gasteiger partial charge in [0.1, 0.15) is 0 Å². The molecular weight excluding hydrogens is 192 g/mol. The Labute approximate surface area is 90.3 Å². The van der Waals surface area contributed by atoms with Crippen LogP contribution in [0, 0.1) is 0 Å². The van der Waals surface area contributed by atoms with E-state index >= 15 is 0 Å². The van der Waals surface area contributed by atoms with Crippen molar-refractivity contribution in [3.8, 4) is 0 Å². The first-order chi connectivity index (χ1) is 7.18. The minimum Gasteiger partial charge on any atom is -0.393 e. The van der Waals surface area contributed by atoms with Crippen molar-refractivity contribution in [1.29, 1.82) is 0 Å². The summed E-state index contributed by atoms with van der Waals surface area (Å²) in [5, 5.41) is 18.4. The van der Waals surface area contributed by atoms with Crippen molar-refractivity contribution in [1.82, 2.24) is 0 Å². The molecule has 0 heterocycles. The zero-order chi connectivity index (χ0) is 11.1. The highest BCUT2D eigenvalue weighted by Gasteiger charge is 2.07. The molecule has 0 aliphatic carbocycles. The number of aliphatic hydroxyl groups excluding tert-OH is 2. The van der Waals surface area contributed by atoms with E-state index in [1.54, 1.807) is 6.92 Å². The van der Waals surface area contributed by atoms with Crippen molar-refractivity contribution in [3.05, 3.63) is 35.9 Å². The van der Waals surface area contributed by atoms with Gasteiger partial charge in [-0.1, -0.05) is 30.3 Å². The number of ether oxygens (including phenoxy) is 1. The largest absolute Gasteiger partial charge is 0.393 e. The first-order valence-electron chi connectivity index (χ1n) is 5.16. The van der Waals surface area contributed by atoms with Crippen LogP contribution in [0.2, 0.25) is 0 Å². The fraction of sp³-hybridized carbons (Fsp3) is 0.500. The summed E-state index contributed by atoms with van der Waals surface area (Å²) < 4.78 is 5.32. The van der Waals surface area contributed by atoms with E-state index in [2.05, 4.69) is 0 Å². The van der Waals surface area contributed by atoms with Crippen molar-refractivity contribution in [3.63, 3.8) is 0 Å². The van der Waals surface area contributed by atoms with Gasteiger partial charge in [0.25, 0.3) is 0 Å². The predicted octanol–water partition coefficient (Wildman–Crippen LogP) is 1.33. The summed E-state index contributed by atoms with van der Waals surface area (Å²) in [6, 6.07) is 9.80. The fourth-order valence-corrected chi connectivity index (χ4v) is 1.35. The lowest BCUT2D eigenvalue weighted by Crippen LogP contribution is -2.20. The van der Waals surface area contributed by atoms with E-state index in [1.807, 2.05) is 30.3 Å². The Hall–Kier alpha value is -0.900. The van der Waals surface area contributed by atoms with Gasteiger partial charge in [0.05, 0.1) is 25.4 Å². The zero-order valence-corrected chi connectivity index (χ0v) is 8.97. The molecule has 0 aliphatic rings. The highest BCUT2D eigenvalue weighted by Crippen LogP contribution is 2.03. The van der Waals surface area contributed by atoms with E-state index in [9.17, 15) is 5.11 Å². The molecule has 2 N–H and O–H groups in total. The van der Waals surface area contributed by atoms with Gasteiger partial charge in [0.15, 0.2) is 0 Å². The average Bonchev–Trinajstić information content (AvgIpc) is 2.18. The Balaban J connectivity index is 2.16. The van der Waals surface area contributed by atoms with Crippen molar-refractivity contribution in [2.75, 3.05) is 6.61 Å². The Morgan fingerprint density at radius 1 is 1.20 bits per heavy atom. The molecule has 84 valence electrons. The number of hydrogen-bond acceptors (Lipinski definition) is 3. The summed E-state index contributed by atoms with van der Waals surface area (Å²) in [7, 11) is 0. The van der Waals surface area contributed by atoms with E-state index in [0.29, 0.717) is 13.0 Å². The second kappa shape index (κ2) is 6.56. The second-order valence-electron chi connectivity index (χ2n) is 3.74. The lowest BCUT2D eigenvalue weighted by molar-refractivity contribution is 0.00431. The summed E-state index contributed by atoms with van der Waals surface area (Å²) in [5.74, 6) is 0. The summed E-state index contributed by atoms with van der Waals surface area (Å²) in [6.07, 6.45) is -0.719. The molecule has 3 heteroatoms. The topological polar surface area (TPSA) is 49.7 Å². The fourth-order valence-electron chi connectivity index (χ4n) is 1.35. The first-order valence-corrected chi connectivity index (χ1v) is 5.16. The van der Waals surface area contributed by atoms with Gasteiger partial charge >= 0.3 is 0 Å². The van der Waals surface area contributed by atoms with Crippen LogP contribution < -0.4 is 0 Å². The Kier molecular flexibility index (Phi) is 5.32. The number of benzene rings is 1. The molecule has 1 rings (SSSR count). The Morgan fingerprint density at radius 3 is 2.47 bits per heavy atom. The van der Waals surface area contributed by atoms with E-state index < -0.39 is 12.2 Å². The van der Waals surface area contributed by atoms with Gasteiger partial charge in [0, 0.05) is 6.42 Å². The average molecular weight is 210 g/mol. The van der Waals surface area contributed by atoms with Gasteiger partial charge in [-0.05, 0) is 12.5 Å². The van der Waals surface area contributed by atoms with Gasteiger partial charge in [0.2, 0.25) is 0 Å². The normalized spacial score (nSPS) is 14.9. The van der Waals surface area contributed by atoms with Crippen LogP contribution in [0.25, 0.3) is 0 Å². The maximum absolute atomic E-state index is 9.41. The van der Waals surface area contributed by atoms with Crippen molar-refractivity contribution in [2.45, 2.75) is 32.2 Å². The van der Waals surface area contributed by atoms with Gasteiger partial charge in [-0.15, -0.1) is 0 Å². The van der Waals surface area contributed by atoms with Gasteiger partial charge in [-0.3, -0.25) is 0 Å². The minimum atomic E-state index is -0.589. The van der Waals surface area contributed by atoms with Crippen molar-refractivity contribution < 1.29 is 14.9 Å². The lowest BCUT2D eigenvalue weighted by atomic mass is 10.2. The molecular formula is C12H18O3. The van der Waals surface area contributed by atoms with Crippen LogP contribution in [0.4, 0.5) is 0 Å². The quantitative estimate of drug-likeness (QED) is 0.745. The van der Waals surface area contributed by atoms with Gasteiger partial charge in [-0.25, -0.2) is 0 Å². The highest BCUT2D eigenvalue weighted by molar-refractivity contribution is 5.13. The molecule has 0 amide bonds. The van der Waals surface area contributed by atoms with Crippen LogP contribution in [0.5, 0.6) is 0 Å². The van der Waals surface area contributed by atoms with Crippen LogP contribution in [0.1, 0.15) is 18.9 Å². The summed E-state index contributed by atoms with van der Waals surface area (Å²) >= 11 is 0. The molecule has 0 bridgehead atoms. The van der Waals surface area contributed by atoms with Crippen LogP contribution in [0.3, 0.4) is 0 Å².